The third kappa shape index (κ3) is 4.65. The number of aromatic nitrogens is 5. The van der Waals surface area contributed by atoms with Crippen LogP contribution in [-0.2, 0) is 16.0 Å². The van der Waals surface area contributed by atoms with E-state index in [-0.39, 0.29) is 12.2 Å². The molecule has 0 radical (unpaired) electrons. The smallest absolute Gasteiger partial charge is 0.326 e. The zero-order valence-electron chi connectivity index (χ0n) is 17.6. The molecule has 10 heteroatoms. The number of carbonyl (C=O) groups excluding carboxylic acids is 1. The number of rotatable bonds is 8. The van der Waals surface area contributed by atoms with Crippen LogP contribution in [0.15, 0.2) is 53.8 Å². The van der Waals surface area contributed by atoms with Gasteiger partial charge in [0.05, 0.1) is 11.4 Å². The highest BCUT2D eigenvalue weighted by Crippen LogP contribution is 2.21. The van der Waals surface area contributed by atoms with E-state index in [0.29, 0.717) is 5.16 Å². The summed E-state index contributed by atoms with van der Waals surface area (Å²) in [5.74, 6) is -1.51. The number of carboxylic acids is 1. The fourth-order valence-electron chi connectivity index (χ4n) is 3.37. The van der Waals surface area contributed by atoms with Crippen molar-refractivity contribution in [2.75, 3.05) is 5.75 Å². The van der Waals surface area contributed by atoms with Crippen molar-refractivity contribution in [3.63, 3.8) is 0 Å². The molecule has 0 aliphatic carbocycles. The molecule has 0 spiro atoms. The van der Waals surface area contributed by atoms with Gasteiger partial charge in [0, 0.05) is 23.5 Å². The van der Waals surface area contributed by atoms with E-state index in [9.17, 15) is 14.7 Å². The molecule has 0 aliphatic heterocycles. The minimum atomic E-state index is -1.09. The molecule has 2 aromatic carbocycles. The van der Waals surface area contributed by atoms with Gasteiger partial charge in [-0.1, -0.05) is 36.0 Å². The summed E-state index contributed by atoms with van der Waals surface area (Å²) in [7, 11) is 0. The van der Waals surface area contributed by atoms with Crippen molar-refractivity contribution in [2.24, 2.45) is 0 Å². The van der Waals surface area contributed by atoms with Crippen LogP contribution in [0.1, 0.15) is 16.7 Å². The summed E-state index contributed by atoms with van der Waals surface area (Å²) in [5, 5.41) is 25.3. The Balaban J connectivity index is 1.41. The molecule has 1 amide bonds. The van der Waals surface area contributed by atoms with E-state index in [1.54, 1.807) is 10.9 Å². The number of thioether (sulfide) groups is 1. The minimum absolute atomic E-state index is 0.0110. The fourth-order valence-corrected chi connectivity index (χ4v) is 4.08. The van der Waals surface area contributed by atoms with E-state index in [1.807, 2.05) is 56.3 Å². The van der Waals surface area contributed by atoms with E-state index < -0.39 is 17.9 Å². The number of carbonyl (C=O) groups is 2. The Morgan fingerprint density at radius 1 is 1.19 bits per heavy atom. The number of aromatic amines is 1. The second-order valence-corrected chi connectivity index (χ2v) is 8.39. The molecular weight excluding hydrogens is 428 g/mol. The highest BCUT2D eigenvalue weighted by Gasteiger charge is 2.22. The summed E-state index contributed by atoms with van der Waals surface area (Å²) in [5.41, 5.74) is 4.81. The Kier molecular flexibility index (Phi) is 6.22. The number of benzene rings is 2. The Bertz CT molecular complexity index is 1280. The summed E-state index contributed by atoms with van der Waals surface area (Å²) in [6, 6.07) is 12.5. The largest absolute Gasteiger partial charge is 0.480 e. The number of para-hydroxylation sites is 1. The maximum absolute atomic E-state index is 12.5. The van der Waals surface area contributed by atoms with Gasteiger partial charge in [0.1, 0.15) is 6.04 Å². The van der Waals surface area contributed by atoms with E-state index in [0.717, 1.165) is 45.0 Å². The third-order valence-corrected chi connectivity index (χ3v) is 6.16. The number of hydrogen-bond donors (Lipinski definition) is 3. The average Bonchev–Trinajstić information content (AvgIpc) is 3.41. The maximum atomic E-state index is 12.5. The van der Waals surface area contributed by atoms with Crippen molar-refractivity contribution in [3.05, 3.63) is 65.4 Å². The molecule has 9 nitrogen and oxygen atoms in total. The van der Waals surface area contributed by atoms with E-state index in [1.165, 1.54) is 0 Å². The predicted molar refractivity (Wildman–Crippen MR) is 121 cm³/mol. The van der Waals surface area contributed by atoms with Gasteiger partial charge in [-0.15, -0.1) is 5.10 Å². The minimum Gasteiger partial charge on any atom is -0.480 e. The van der Waals surface area contributed by atoms with Gasteiger partial charge in [0.15, 0.2) is 0 Å². The molecule has 4 aromatic rings. The first-order valence-electron chi connectivity index (χ1n) is 9.98. The molecule has 164 valence electrons. The summed E-state index contributed by atoms with van der Waals surface area (Å²) in [6.45, 7) is 4.02. The van der Waals surface area contributed by atoms with E-state index >= 15 is 0 Å². The second-order valence-electron chi connectivity index (χ2n) is 7.45. The van der Waals surface area contributed by atoms with E-state index in [2.05, 4.69) is 25.8 Å². The molecule has 32 heavy (non-hydrogen) atoms. The van der Waals surface area contributed by atoms with Crippen molar-refractivity contribution >= 4 is 34.5 Å². The van der Waals surface area contributed by atoms with Crippen LogP contribution in [0.5, 0.6) is 0 Å². The Morgan fingerprint density at radius 2 is 2.00 bits per heavy atom. The number of fused-ring (bicyclic) bond motifs is 1. The number of amides is 1. The quantitative estimate of drug-likeness (QED) is 0.352. The lowest BCUT2D eigenvalue weighted by Crippen LogP contribution is -2.43. The number of nitrogens with one attached hydrogen (secondary N) is 2. The normalized spacial score (nSPS) is 12.1. The molecule has 2 heterocycles. The number of H-pyrrole nitrogens is 1. The zero-order chi connectivity index (χ0) is 22.7. The fraction of sp³-hybridized carbons (Fsp3) is 0.227. The van der Waals surface area contributed by atoms with Crippen LogP contribution in [0, 0.1) is 13.8 Å². The number of hydrogen-bond acceptors (Lipinski definition) is 6. The van der Waals surface area contributed by atoms with Crippen LogP contribution in [0.25, 0.3) is 16.6 Å². The third-order valence-electron chi connectivity index (χ3n) is 5.24. The summed E-state index contributed by atoms with van der Waals surface area (Å²) >= 11 is 1.15. The first kappa shape index (κ1) is 21.6. The molecule has 0 aliphatic rings. The van der Waals surface area contributed by atoms with Gasteiger partial charge in [-0.2, -0.15) is 4.68 Å². The lowest BCUT2D eigenvalue weighted by Gasteiger charge is -2.14. The summed E-state index contributed by atoms with van der Waals surface area (Å²) in [4.78, 5) is 27.4. The van der Waals surface area contributed by atoms with Crippen molar-refractivity contribution in [1.29, 1.82) is 0 Å². The topological polar surface area (TPSA) is 126 Å². The van der Waals surface area contributed by atoms with Crippen LogP contribution in [0.4, 0.5) is 0 Å². The summed E-state index contributed by atoms with van der Waals surface area (Å²) in [6.07, 6.45) is 1.95. The Labute approximate surface area is 188 Å². The van der Waals surface area contributed by atoms with Crippen LogP contribution < -0.4 is 5.32 Å². The first-order valence-corrected chi connectivity index (χ1v) is 11.0. The van der Waals surface area contributed by atoms with Crippen LogP contribution in [0.3, 0.4) is 0 Å². The van der Waals surface area contributed by atoms with Gasteiger partial charge < -0.3 is 15.4 Å². The van der Waals surface area contributed by atoms with Crippen LogP contribution in [-0.4, -0.2) is 54.0 Å². The number of carboxylic acid groups (broad SMARTS) is 1. The molecule has 4 rings (SSSR count). The van der Waals surface area contributed by atoms with Gasteiger partial charge in [-0.05, 0) is 59.2 Å². The maximum Gasteiger partial charge on any atom is 0.326 e. The molecular formula is C22H22N6O3S. The molecule has 2 aromatic heterocycles. The first-order chi connectivity index (χ1) is 15.4. The molecule has 3 N–H and O–H groups in total. The molecule has 1 atom stereocenters. The van der Waals surface area contributed by atoms with Crippen molar-refractivity contribution in [1.82, 2.24) is 30.5 Å². The number of aliphatic carboxylic acids is 1. The van der Waals surface area contributed by atoms with Crippen molar-refractivity contribution in [3.8, 4) is 5.69 Å². The number of tetrazole rings is 1. The lowest BCUT2D eigenvalue weighted by molar-refractivity contribution is -0.141. The number of nitrogens with zero attached hydrogens (tertiary/aromatic N) is 4. The Morgan fingerprint density at radius 3 is 2.78 bits per heavy atom. The van der Waals surface area contributed by atoms with Gasteiger partial charge in [-0.3, -0.25) is 4.79 Å². The molecule has 0 saturated heterocycles. The standard InChI is InChI=1S/C22H22N6O3S/c1-13-7-8-16(9-14(13)2)28-22(25-26-27-28)32-12-20(29)24-19(21(30)31)10-15-11-23-18-6-4-3-5-17(15)18/h3-9,11,19,23H,10,12H2,1-2H3,(H,24,29)(H,30,31). The molecule has 0 saturated carbocycles. The highest BCUT2D eigenvalue weighted by atomic mass is 32.2. The Hall–Kier alpha value is -3.66. The summed E-state index contributed by atoms with van der Waals surface area (Å²) < 4.78 is 1.56. The lowest BCUT2D eigenvalue weighted by atomic mass is 10.1. The van der Waals surface area contributed by atoms with Gasteiger partial charge in [-0.25, -0.2) is 4.79 Å². The van der Waals surface area contributed by atoms with Crippen LogP contribution >= 0.6 is 11.8 Å². The molecule has 0 fully saturated rings. The van der Waals surface area contributed by atoms with Crippen molar-refractivity contribution in [2.45, 2.75) is 31.5 Å². The second kappa shape index (κ2) is 9.23. The zero-order valence-corrected chi connectivity index (χ0v) is 18.4. The average molecular weight is 451 g/mol. The molecule has 1 unspecified atom stereocenters. The van der Waals surface area contributed by atoms with Crippen molar-refractivity contribution < 1.29 is 14.7 Å². The van der Waals surface area contributed by atoms with Crippen LogP contribution in [0.2, 0.25) is 0 Å². The predicted octanol–water partition coefficient (Wildman–Crippen LogP) is 2.66. The van der Waals surface area contributed by atoms with Gasteiger partial charge in [0.25, 0.3) is 0 Å². The highest BCUT2D eigenvalue weighted by molar-refractivity contribution is 7.99. The van der Waals surface area contributed by atoms with Gasteiger partial charge in [0.2, 0.25) is 11.1 Å². The number of aryl methyl sites for hydroxylation is 2. The molecule has 0 bridgehead atoms. The van der Waals surface area contributed by atoms with E-state index in [4.69, 9.17) is 0 Å². The van der Waals surface area contributed by atoms with Gasteiger partial charge >= 0.3 is 5.97 Å². The SMILES string of the molecule is Cc1ccc(-n2nnnc2SCC(=O)NC(Cc2c[nH]c3ccccc23)C(=O)O)cc1C. The monoisotopic (exact) mass is 450 g/mol.